The molecule has 11 heavy (non-hydrogen) atoms. The summed E-state index contributed by atoms with van der Waals surface area (Å²) in [5.74, 6) is 0. The maximum Gasteiger partial charge on any atom is 0.135 e. The van der Waals surface area contributed by atoms with Crippen LogP contribution in [0.4, 0.5) is 0 Å². The van der Waals surface area contributed by atoms with Gasteiger partial charge in [-0.15, -0.1) is 0 Å². The number of hydrogen-bond acceptors (Lipinski definition) is 1. The van der Waals surface area contributed by atoms with Crippen LogP contribution >= 0.6 is 0 Å². The average molecular weight is 157 g/mol. The molecule has 1 saturated heterocycles. The zero-order chi connectivity index (χ0) is 8.70. The molecule has 1 aliphatic heterocycles. The van der Waals surface area contributed by atoms with Crippen LogP contribution in [-0.2, 0) is 0 Å². The topological polar surface area (TPSA) is 3.24 Å². The molecule has 0 aromatic rings. The van der Waals surface area contributed by atoms with Crippen molar-refractivity contribution in [2.24, 2.45) is 0 Å². The molecule has 0 unspecified atom stereocenters. The van der Waals surface area contributed by atoms with Crippen LogP contribution in [0.1, 0.15) is 20.8 Å². The normalized spacial score (nSPS) is 37.9. The second-order valence-corrected chi connectivity index (χ2v) is 4.75. The summed E-state index contributed by atoms with van der Waals surface area (Å²) in [7, 11) is 4.56. The summed E-state index contributed by atoms with van der Waals surface area (Å²) in [6.45, 7) is 10.6. The number of likely N-dealkylation sites (N-methyl/N-ethyl adjacent to an activating group) is 2. The van der Waals surface area contributed by atoms with Gasteiger partial charge in [0, 0.05) is 0 Å². The van der Waals surface area contributed by atoms with Gasteiger partial charge in [0.2, 0.25) is 0 Å². The molecule has 0 N–H and O–H groups in total. The van der Waals surface area contributed by atoms with Crippen molar-refractivity contribution >= 4 is 0 Å². The fourth-order valence-electron chi connectivity index (χ4n) is 2.02. The summed E-state index contributed by atoms with van der Waals surface area (Å²) in [5.41, 5.74) is 0.394. The summed E-state index contributed by atoms with van der Waals surface area (Å²) in [5, 5.41) is 0. The molecule has 1 atom stereocenters. The number of quaternary nitrogens is 1. The lowest BCUT2D eigenvalue weighted by atomic mass is 10.1. The summed E-state index contributed by atoms with van der Waals surface area (Å²) < 4.78 is 1.20. The monoisotopic (exact) mass is 157 g/mol. The van der Waals surface area contributed by atoms with Crippen LogP contribution in [0.5, 0.6) is 0 Å². The van der Waals surface area contributed by atoms with E-state index in [-0.39, 0.29) is 0 Å². The van der Waals surface area contributed by atoms with Crippen molar-refractivity contribution in [2.75, 3.05) is 33.9 Å². The Bertz CT molecular complexity index is 154. The van der Waals surface area contributed by atoms with E-state index in [1.807, 2.05) is 0 Å². The van der Waals surface area contributed by atoms with Gasteiger partial charge in [0.05, 0.1) is 25.7 Å². The minimum absolute atomic E-state index is 0.394. The van der Waals surface area contributed by atoms with E-state index in [9.17, 15) is 0 Å². The number of rotatable bonds is 1. The van der Waals surface area contributed by atoms with Crippen LogP contribution in [0, 0.1) is 0 Å². The van der Waals surface area contributed by atoms with Crippen molar-refractivity contribution in [1.82, 2.24) is 4.90 Å². The van der Waals surface area contributed by atoms with Gasteiger partial charge in [0.1, 0.15) is 6.67 Å². The van der Waals surface area contributed by atoms with Crippen molar-refractivity contribution < 1.29 is 4.48 Å². The van der Waals surface area contributed by atoms with Crippen molar-refractivity contribution in [1.29, 1.82) is 0 Å². The van der Waals surface area contributed by atoms with Crippen LogP contribution in [0.3, 0.4) is 0 Å². The van der Waals surface area contributed by atoms with E-state index in [2.05, 4.69) is 39.8 Å². The van der Waals surface area contributed by atoms with Crippen molar-refractivity contribution in [2.45, 2.75) is 26.3 Å². The van der Waals surface area contributed by atoms with E-state index in [0.717, 1.165) is 0 Å². The highest BCUT2D eigenvalue weighted by Gasteiger charge is 2.42. The molecular formula is C9H21N2+. The summed E-state index contributed by atoms with van der Waals surface area (Å²) >= 11 is 0. The Kier molecular flexibility index (Phi) is 2.01. The molecule has 0 aromatic carbocycles. The van der Waals surface area contributed by atoms with Crippen molar-refractivity contribution in [3.8, 4) is 0 Å². The molecule has 1 heterocycles. The molecule has 0 aliphatic carbocycles. The van der Waals surface area contributed by atoms with Crippen LogP contribution in [-0.4, -0.2) is 48.8 Å². The van der Waals surface area contributed by atoms with Gasteiger partial charge in [-0.2, -0.15) is 0 Å². The van der Waals surface area contributed by atoms with Crippen molar-refractivity contribution in [3.05, 3.63) is 0 Å². The van der Waals surface area contributed by atoms with Gasteiger partial charge < -0.3 is 4.48 Å². The summed E-state index contributed by atoms with van der Waals surface area (Å²) in [4.78, 5) is 2.45. The first-order valence-electron chi connectivity index (χ1n) is 4.44. The lowest BCUT2D eigenvalue weighted by Gasteiger charge is -2.27. The van der Waals surface area contributed by atoms with E-state index < -0.39 is 0 Å². The highest BCUT2D eigenvalue weighted by atomic mass is 15.5. The third-order valence-electron chi connectivity index (χ3n) is 3.12. The van der Waals surface area contributed by atoms with Gasteiger partial charge in [-0.1, -0.05) is 0 Å². The lowest BCUT2D eigenvalue weighted by Crippen LogP contribution is -2.43. The van der Waals surface area contributed by atoms with E-state index in [1.165, 1.54) is 24.2 Å². The molecule has 0 bridgehead atoms. The van der Waals surface area contributed by atoms with Gasteiger partial charge in [0.15, 0.2) is 0 Å². The predicted octanol–water partition coefficient (Wildman–Crippen LogP) is 1.13. The maximum absolute atomic E-state index is 2.45. The molecular weight excluding hydrogens is 136 g/mol. The Balaban J connectivity index is 2.71. The molecule has 0 saturated carbocycles. The lowest BCUT2D eigenvalue weighted by molar-refractivity contribution is -0.901. The van der Waals surface area contributed by atoms with Crippen LogP contribution in [0.15, 0.2) is 0 Å². The standard InChI is InChI=1S/C9H21N2/c1-6-11(5)7-9(2,3)10(4)8-11/h6-8H2,1-5H3/q+1/t11-/m1/s1. The van der Waals surface area contributed by atoms with Gasteiger partial charge in [0.25, 0.3) is 0 Å². The van der Waals surface area contributed by atoms with E-state index in [4.69, 9.17) is 0 Å². The number of nitrogens with zero attached hydrogens (tertiary/aromatic N) is 2. The fraction of sp³-hybridized carbons (Fsp3) is 1.00. The molecule has 1 fully saturated rings. The van der Waals surface area contributed by atoms with E-state index >= 15 is 0 Å². The Labute approximate surface area is 70.4 Å². The number of hydrogen-bond donors (Lipinski definition) is 0. The largest absolute Gasteiger partial charge is 0.312 e. The van der Waals surface area contributed by atoms with Crippen molar-refractivity contribution in [3.63, 3.8) is 0 Å². The highest BCUT2D eigenvalue weighted by molar-refractivity contribution is 4.81. The van der Waals surface area contributed by atoms with Gasteiger partial charge >= 0.3 is 0 Å². The Hall–Kier alpha value is -0.0800. The van der Waals surface area contributed by atoms with E-state index in [0.29, 0.717) is 5.54 Å². The van der Waals surface area contributed by atoms with Gasteiger partial charge in [-0.3, -0.25) is 0 Å². The zero-order valence-corrected chi connectivity index (χ0v) is 8.52. The predicted molar refractivity (Wildman–Crippen MR) is 48.3 cm³/mol. The molecule has 0 spiro atoms. The van der Waals surface area contributed by atoms with Crippen LogP contribution in [0.2, 0.25) is 0 Å². The molecule has 0 amide bonds. The molecule has 66 valence electrons. The SMILES string of the molecule is CC[N@@+]1(C)CN(C)C(C)(C)C1. The molecule has 0 aromatic heterocycles. The first-order chi connectivity index (χ1) is 4.90. The average Bonchev–Trinajstić information content (AvgIpc) is 2.04. The second-order valence-electron chi connectivity index (χ2n) is 4.75. The molecule has 0 radical (unpaired) electrons. The first-order valence-corrected chi connectivity index (χ1v) is 4.44. The Morgan fingerprint density at radius 2 is 2.00 bits per heavy atom. The second kappa shape index (κ2) is 2.46. The van der Waals surface area contributed by atoms with Gasteiger partial charge in [-0.25, -0.2) is 4.90 Å². The summed E-state index contributed by atoms with van der Waals surface area (Å²) in [6.07, 6.45) is 0. The zero-order valence-electron chi connectivity index (χ0n) is 8.52. The third kappa shape index (κ3) is 1.57. The maximum atomic E-state index is 2.45. The summed E-state index contributed by atoms with van der Waals surface area (Å²) in [6, 6.07) is 0. The Morgan fingerprint density at radius 1 is 1.45 bits per heavy atom. The Morgan fingerprint density at radius 3 is 2.18 bits per heavy atom. The third-order valence-corrected chi connectivity index (χ3v) is 3.12. The molecule has 1 rings (SSSR count). The minimum atomic E-state index is 0.394. The quantitative estimate of drug-likeness (QED) is 0.516. The van der Waals surface area contributed by atoms with Crippen LogP contribution < -0.4 is 0 Å². The minimum Gasteiger partial charge on any atom is -0.312 e. The fourth-order valence-corrected chi connectivity index (χ4v) is 2.02. The van der Waals surface area contributed by atoms with E-state index in [1.54, 1.807) is 0 Å². The smallest absolute Gasteiger partial charge is 0.135 e. The highest BCUT2D eigenvalue weighted by Crippen LogP contribution is 2.26. The molecule has 1 aliphatic rings. The molecule has 2 nitrogen and oxygen atoms in total. The first kappa shape index (κ1) is 9.01. The van der Waals surface area contributed by atoms with Gasteiger partial charge in [-0.05, 0) is 27.8 Å². The molecule has 2 heteroatoms. The van der Waals surface area contributed by atoms with Crippen LogP contribution in [0.25, 0.3) is 0 Å².